The van der Waals surface area contributed by atoms with Gasteiger partial charge in [0.25, 0.3) is 0 Å². The molecule has 4 heteroatoms. The highest BCUT2D eigenvalue weighted by atomic mass is 28.3. The van der Waals surface area contributed by atoms with Crippen LogP contribution in [0.1, 0.15) is 82.9 Å². The Morgan fingerprint density at radius 3 is 2.28 bits per heavy atom. The maximum Gasteiger partial charge on any atom is 0.170 e. The number of pyridine rings is 1. The molecule has 0 fully saturated rings. The van der Waals surface area contributed by atoms with E-state index in [1.807, 2.05) is 6.07 Å². The lowest BCUT2D eigenvalue weighted by atomic mass is 9.73. The zero-order valence-corrected chi connectivity index (χ0v) is 20.4. The Bertz CT molecular complexity index is 739. The van der Waals surface area contributed by atoms with Crippen molar-refractivity contribution in [2.75, 3.05) is 6.61 Å². The molecule has 0 saturated carbocycles. The third-order valence-electron chi connectivity index (χ3n) is 5.72. The smallest absolute Gasteiger partial charge is 0.170 e. The molecule has 162 valence electrons. The van der Waals surface area contributed by atoms with Gasteiger partial charge in [0, 0.05) is 12.0 Å². The van der Waals surface area contributed by atoms with E-state index in [4.69, 9.17) is 4.43 Å². The van der Waals surface area contributed by atoms with Gasteiger partial charge in [-0.2, -0.15) is 0 Å². The molecule has 1 heterocycles. The summed E-state index contributed by atoms with van der Waals surface area (Å²) in [7, 11) is -0.836. The van der Waals surface area contributed by atoms with Crippen LogP contribution in [0.3, 0.4) is 0 Å². The number of aliphatic hydroxyl groups excluding tert-OH is 1. The summed E-state index contributed by atoms with van der Waals surface area (Å²) >= 11 is 0. The van der Waals surface area contributed by atoms with E-state index in [1.54, 1.807) is 0 Å². The van der Waals surface area contributed by atoms with Crippen molar-refractivity contribution in [3.8, 4) is 0 Å². The topological polar surface area (TPSA) is 42.4 Å². The highest BCUT2D eigenvalue weighted by molar-refractivity contribution is 6.48. The molecule has 0 amide bonds. The minimum Gasteiger partial charge on any atom is -0.421 e. The maximum absolute atomic E-state index is 9.40. The Hall–Kier alpha value is -1.23. The predicted molar refractivity (Wildman–Crippen MR) is 127 cm³/mol. The van der Waals surface area contributed by atoms with E-state index in [0.717, 1.165) is 23.2 Å². The van der Waals surface area contributed by atoms with Gasteiger partial charge in [0.1, 0.15) is 0 Å². The van der Waals surface area contributed by atoms with Gasteiger partial charge in [-0.05, 0) is 55.0 Å². The van der Waals surface area contributed by atoms with E-state index in [-0.39, 0.29) is 12.0 Å². The second kappa shape index (κ2) is 11.8. The molecule has 0 spiro atoms. The SMILES string of the molecule is C[SiH](C)OCCCCCCCCC(c1ccc2ccc(CO)nc2c1)C(C)(C)C. The number of hydrogen-bond acceptors (Lipinski definition) is 3. The standard InChI is InChI=1S/C25H41NO2Si/c1-25(2,3)23(12-10-8-6-7-9-11-17-28-29(4)5)21-14-13-20-15-16-22(19-27)26-24(20)18-21/h13-16,18,23,27,29H,6-12,17,19H2,1-5H3. The molecule has 1 unspecified atom stereocenters. The Balaban J connectivity index is 1.87. The zero-order chi connectivity index (χ0) is 21.3. The van der Waals surface area contributed by atoms with Crippen molar-refractivity contribution in [3.05, 3.63) is 41.6 Å². The molecule has 0 bridgehead atoms. The normalized spacial score (nSPS) is 13.3. The zero-order valence-electron chi connectivity index (χ0n) is 19.2. The van der Waals surface area contributed by atoms with Gasteiger partial charge in [0.05, 0.1) is 17.8 Å². The van der Waals surface area contributed by atoms with Gasteiger partial charge in [0.15, 0.2) is 9.04 Å². The first-order valence-corrected chi connectivity index (χ1v) is 14.2. The summed E-state index contributed by atoms with van der Waals surface area (Å²) in [6.45, 7) is 12.5. The van der Waals surface area contributed by atoms with Crippen LogP contribution in [-0.4, -0.2) is 25.7 Å². The second-order valence-electron chi connectivity index (χ2n) is 9.66. The van der Waals surface area contributed by atoms with Gasteiger partial charge in [-0.15, -0.1) is 0 Å². The number of fused-ring (bicyclic) bond motifs is 1. The number of aliphatic hydroxyl groups is 1. The molecule has 1 aromatic carbocycles. The van der Waals surface area contributed by atoms with Crippen molar-refractivity contribution in [2.45, 2.75) is 91.3 Å². The fourth-order valence-electron chi connectivity index (χ4n) is 4.06. The van der Waals surface area contributed by atoms with E-state index in [2.05, 4.69) is 63.1 Å². The van der Waals surface area contributed by atoms with Gasteiger partial charge in [-0.3, -0.25) is 4.98 Å². The van der Waals surface area contributed by atoms with Crippen molar-refractivity contribution in [1.82, 2.24) is 4.98 Å². The van der Waals surface area contributed by atoms with E-state index >= 15 is 0 Å². The second-order valence-corrected chi connectivity index (χ2v) is 12.1. The van der Waals surface area contributed by atoms with Crippen LogP contribution in [0.15, 0.2) is 30.3 Å². The first-order chi connectivity index (χ1) is 13.8. The number of unbranched alkanes of at least 4 members (excludes halogenated alkanes) is 5. The molecule has 2 rings (SSSR count). The van der Waals surface area contributed by atoms with Crippen LogP contribution in [-0.2, 0) is 11.0 Å². The van der Waals surface area contributed by atoms with E-state index < -0.39 is 9.04 Å². The van der Waals surface area contributed by atoms with Crippen LogP contribution in [0.25, 0.3) is 10.9 Å². The van der Waals surface area contributed by atoms with Gasteiger partial charge >= 0.3 is 0 Å². The van der Waals surface area contributed by atoms with Crippen molar-refractivity contribution in [1.29, 1.82) is 0 Å². The lowest BCUT2D eigenvalue weighted by Crippen LogP contribution is -2.18. The summed E-state index contributed by atoms with van der Waals surface area (Å²) in [4.78, 5) is 4.62. The van der Waals surface area contributed by atoms with Crippen molar-refractivity contribution in [2.24, 2.45) is 5.41 Å². The van der Waals surface area contributed by atoms with Crippen LogP contribution in [0.5, 0.6) is 0 Å². The van der Waals surface area contributed by atoms with Gasteiger partial charge in [0.2, 0.25) is 0 Å². The lowest BCUT2D eigenvalue weighted by Gasteiger charge is -2.31. The fraction of sp³-hybridized carbons (Fsp3) is 0.640. The minimum atomic E-state index is -0.836. The Morgan fingerprint density at radius 2 is 1.62 bits per heavy atom. The predicted octanol–water partition coefficient (Wildman–Crippen LogP) is 6.59. The molecule has 2 aromatic rings. The molecule has 0 aliphatic carbocycles. The Morgan fingerprint density at radius 1 is 0.966 bits per heavy atom. The van der Waals surface area contributed by atoms with Gasteiger partial charge in [-0.1, -0.05) is 71.1 Å². The van der Waals surface area contributed by atoms with Crippen LogP contribution >= 0.6 is 0 Å². The monoisotopic (exact) mass is 415 g/mol. The highest BCUT2D eigenvalue weighted by Crippen LogP contribution is 2.39. The first-order valence-electron chi connectivity index (χ1n) is 11.4. The molecule has 0 saturated heterocycles. The van der Waals surface area contributed by atoms with Crippen molar-refractivity contribution >= 4 is 19.9 Å². The summed E-state index contributed by atoms with van der Waals surface area (Å²) in [6, 6.07) is 10.6. The highest BCUT2D eigenvalue weighted by Gasteiger charge is 2.26. The van der Waals surface area contributed by atoms with E-state index in [0.29, 0.717) is 5.92 Å². The fourth-order valence-corrected chi connectivity index (χ4v) is 4.70. The molecule has 3 nitrogen and oxygen atoms in total. The first kappa shape index (κ1) is 24.0. The molecular formula is C25H41NO2Si. The number of benzene rings is 1. The third-order valence-corrected chi connectivity index (χ3v) is 6.62. The quantitative estimate of drug-likeness (QED) is 0.314. The summed E-state index contributed by atoms with van der Waals surface area (Å²) in [5.41, 5.74) is 3.33. The molecule has 1 N–H and O–H groups in total. The molecular weight excluding hydrogens is 374 g/mol. The van der Waals surface area contributed by atoms with E-state index in [1.165, 1.54) is 50.5 Å². The van der Waals surface area contributed by atoms with Gasteiger partial charge < -0.3 is 9.53 Å². The average Bonchev–Trinajstić information content (AvgIpc) is 2.67. The molecule has 29 heavy (non-hydrogen) atoms. The summed E-state index contributed by atoms with van der Waals surface area (Å²) in [5.74, 6) is 0.524. The van der Waals surface area contributed by atoms with Crippen LogP contribution in [0.4, 0.5) is 0 Å². The Kier molecular flexibility index (Phi) is 9.80. The average molecular weight is 416 g/mol. The van der Waals surface area contributed by atoms with Crippen molar-refractivity contribution < 1.29 is 9.53 Å². The van der Waals surface area contributed by atoms with Crippen LogP contribution < -0.4 is 0 Å². The maximum atomic E-state index is 9.40. The largest absolute Gasteiger partial charge is 0.421 e. The van der Waals surface area contributed by atoms with Crippen LogP contribution in [0.2, 0.25) is 13.1 Å². The molecule has 0 aliphatic heterocycles. The Labute approximate surface area is 179 Å². The third kappa shape index (κ3) is 8.19. The molecule has 0 radical (unpaired) electrons. The van der Waals surface area contributed by atoms with Crippen LogP contribution in [0, 0.1) is 5.41 Å². The summed E-state index contributed by atoms with van der Waals surface area (Å²) in [6.07, 6.45) is 8.98. The minimum absolute atomic E-state index is 0.00556. The summed E-state index contributed by atoms with van der Waals surface area (Å²) in [5, 5.41) is 10.5. The molecule has 0 aliphatic rings. The van der Waals surface area contributed by atoms with Crippen molar-refractivity contribution in [3.63, 3.8) is 0 Å². The lowest BCUT2D eigenvalue weighted by molar-refractivity contribution is 0.277. The number of rotatable bonds is 12. The summed E-state index contributed by atoms with van der Waals surface area (Å²) < 4.78 is 5.75. The number of nitrogens with zero attached hydrogens (tertiary/aromatic N) is 1. The molecule has 1 atom stereocenters. The van der Waals surface area contributed by atoms with E-state index in [9.17, 15) is 5.11 Å². The van der Waals surface area contributed by atoms with Gasteiger partial charge in [-0.25, -0.2) is 0 Å². The number of aromatic nitrogens is 1. The number of hydrogen-bond donors (Lipinski definition) is 1. The molecule has 1 aromatic heterocycles.